The molecule has 0 saturated heterocycles. The van der Waals surface area contributed by atoms with Gasteiger partial charge in [-0.15, -0.1) is 0 Å². The maximum absolute atomic E-state index is 12.4. The maximum atomic E-state index is 12.4. The standard InChI is InChI=1S/C28H25NO7/c1-2-3-14-33-21-10-6-19(7-11-21)8-13-26(30)35-22-12-9-20-16-24(28(32)36-25(20)17-22)27(31)29-18-23-5-4-15-34-23/h4-13,15-17H,2-3,14,18H2,1H3,(H,29,31)/b13-8+. The van der Waals surface area contributed by atoms with Crippen LogP contribution in [-0.2, 0) is 11.3 Å². The second-order valence-corrected chi connectivity index (χ2v) is 7.93. The third kappa shape index (κ3) is 6.50. The number of fused-ring (bicyclic) bond motifs is 1. The zero-order valence-corrected chi connectivity index (χ0v) is 19.7. The Morgan fingerprint density at radius 2 is 1.83 bits per heavy atom. The first-order valence-corrected chi connectivity index (χ1v) is 11.5. The van der Waals surface area contributed by atoms with Gasteiger partial charge in [0, 0.05) is 17.5 Å². The molecule has 2 heterocycles. The normalized spacial score (nSPS) is 11.0. The van der Waals surface area contributed by atoms with Gasteiger partial charge in [-0.05, 0) is 60.5 Å². The Kier molecular flexibility index (Phi) is 7.97. The summed E-state index contributed by atoms with van der Waals surface area (Å²) in [6, 6.07) is 16.8. The molecule has 0 bridgehead atoms. The SMILES string of the molecule is CCCCOc1ccc(/C=C/C(=O)Oc2ccc3cc(C(=O)NCc4ccco4)c(=O)oc3c2)cc1. The van der Waals surface area contributed by atoms with Gasteiger partial charge in [-0.1, -0.05) is 25.5 Å². The average Bonchev–Trinajstić information content (AvgIpc) is 3.40. The predicted molar refractivity (Wildman–Crippen MR) is 134 cm³/mol. The summed E-state index contributed by atoms with van der Waals surface area (Å²) in [5.74, 6) is 0.369. The van der Waals surface area contributed by atoms with E-state index in [1.807, 2.05) is 24.3 Å². The van der Waals surface area contributed by atoms with Crippen LogP contribution in [-0.4, -0.2) is 18.5 Å². The molecule has 2 aromatic heterocycles. The number of esters is 1. The first-order valence-electron chi connectivity index (χ1n) is 11.5. The summed E-state index contributed by atoms with van der Waals surface area (Å²) >= 11 is 0. The van der Waals surface area contributed by atoms with Crippen LogP contribution >= 0.6 is 0 Å². The molecule has 1 amide bonds. The molecule has 0 unspecified atom stereocenters. The van der Waals surface area contributed by atoms with Gasteiger partial charge in [0.2, 0.25) is 0 Å². The highest BCUT2D eigenvalue weighted by Gasteiger charge is 2.15. The lowest BCUT2D eigenvalue weighted by Crippen LogP contribution is -2.27. The number of furan rings is 1. The number of benzene rings is 2. The fraction of sp³-hybridized carbons (Fsp3) is 0.179. The van der Waals surface area contributed by atoms with E-state index in [1.165, 1.54) is 24.5 Å². The molecule has 2 aromatic carbocycles. The summed E-state index contributed by atoms with van der Waals surface area (Å²) in [4.78, 5) is 37.0. The lowest BCUT2D eigenvalue weighted by atomic mass is 10.1. The van der Waals surface area contributed by atoms with Gasteiger partial charge in [-0.25, -0.2) is 9.59 Å². The average molecular weight is 488 g/mol. The van der Waals surface area contributed by atoms with E-state index in [0.717, 1.165) is 24.2 Å². The fourth-order valence-corrected chi connectivity index (χ4v) is 3.31. The zero-order chi connectivity index (χ0) is 25.3. The zero-order valence-electron chi connectivity index (χ0n) is 19.7. The quantitative estimate of drug-likeness (QED) is 0.109. The largest absolute Gasteiger partial charge is 0.494 e. The summed E-state index contributed by atoms with van der Waals surface area (Å²) in [5.41, 5.74) is 0.0705. The Morgan fingerprint density at radius 1 is 1.03 bits per heavy atom. The molecule has 0 fully saturated rings. The number of carbonyl (C=O) groups is 2. The van der Waals surface area contributed by atoms with Crippen molar-refractivity contribution in [1.82, 2.24) is 5.32 Å². The van der Waals surface area contributed by atoms with Crippen molar-refractivity contribution in [3.05, 3.63) is 100 Å². The van der Waals surface area contributed by atoms with Crippen molar-refractivity contribution < 1.29 is 27.9 Å². The summed E-state index contributed by atoms with van der Waals surface area (Å²) in [7, 11) is 0. The summed E-state index contributed by atoms with van der Waals surface area (Å²) in [6.07, 6.45) is 6.49. The second-order valence-electron chi connectivity index (χ2n) is 7.93. The summed E-state index contributed by atoms with van der Waals surface area (Å²) in [6.45, 7) is 2.92. The van der Waals surface area contributed by atoms with Gasteiger partial charge in [-0.3, -0.25) is 4.79 Å². The van der Waals surface area contributed by atoms with E-state index in [-0.39, 0.29) is 23.4 Å². The van der Waals surface area contributed by atoms with Crippen LogP contribution in [0.15, 0.2) is 86.6 Å². The molecule has 0 radical (unpaired) electrons. The van der Waals surface area contributed by atoms with Crippen LogP contribution in [0.2, 0.25) is 0 Å². The number of rotatable bonds is 10. The molecule has 0 saturated carbocycles. The first kappa shape index (κ1) is 24.5. The second kappa shape index (κ2) is 11.7. The van der Waals surface area contributed by atoms with E-state index in [4.69, 9.17) is 18.3 Å². The molecule has 0 spiro atoms. The van der Waals surface area contributed by atoms with Crippen molar-refractivity contribution in [2.45, 2.75) is 26.3 Å². The number of amides is 1. The van der Waals surface area contributed by atoms with Gasteiger partial charge in [0.05, 0.1) is 19.4 Å². The smallest absolute Gasteiger partial charge is 0.349 e. The van der Waals surface area contributed by atoms with Crippen LogP contribution in [0, 0.1) is 0 Å². The van der Waals surface area contributed by atoms with E-state index < -0.39 is 17.5 Å². The Balaban J connectivity index is 1.38. The Labute approximate surface area is 207 Å². The third-order valence-electron chi connectivity index (χ3n) is 5.23. The van der Waals surface area contributed by atoms with Crippen LogP contribution in [0.25, 0.3) is 17.0 Å². The molecule has 4 aromatic rings. The van der Waals surface area contributed by atoms with E-state index in [2.05, 4.69) is 12.2 Å². The minimum atomic E-state index is -0.801. The van der Waals surface area contributed by atoms with Crippen molar-refractivity contribution in [3.8, 4) is 11.5 Å². The molecule has 0 atom stereocenters. The van der Waals surface area contributed by atoms with Crippen LogP contribution in [0.4, 0.5) is 0 Å². The lowest BCUT2D eigenvalue weighted by Gasteiger charge is -2.06. The number of nitrogens with one attached hydrogen (secondary N) is 1. The fourth-order valence-electron chi connectivity index (χ4n) is 3.31. The minimum absolute atomic E-state index is 0.136. The van der Waals surface area contributed by atoms with E-state index in [1.54, 1.807) is 30.3 Å². The van der Waals surface area contributed by atoms with Crippen molar-refractivity contribution >= 4 is 28.9 Å². The summed E-state index contributed by atoms with van der Waals surface area (Å²) < 4.78 is 21.4. The highest BCUT2D eigenvalue weighted by Crippen LogP contribution is 2.21. The topological polar surface area (TPSA) is 108 Å². The highest BCUT2D eigenvalue weighted by atomic mass is 16.5. The van der Waals surface area contributed by atoms with E-state index >= 15 is 0 Å². The number of carbonyl (C=O) groups excluding carboxylic acids is 2. The van der Waals surface area contributed by atoms with Gasteiger partial charge >= 0.3 is 11.6 Å². The first-order chi connectivity index (χ1) is 17.5. The lowest BCUT2D eigenvalue weighted by molar-refractivity contribution is -0.128. The monoisotopic (exact) mass is 487 g/mol. The minimum Gasteiger partial charge on any atom is -0.494 e. The number of hydrogen-bond donors (Lipinski definition) is 1. The molecular weight excluding hydrogens is 462 g/mol. The van der Waals surface area contributed by atoms with Crippen LogP contribution < -0.4 is 20.4 Å². The van der Waals surface area contributed by atoms with E-state index in [0.29, 0.717) is 17.8 Å². The molecule has 1 N–H and O–H groups in total. The molecule has 184 valence electrons. The number of unbranched alkanes of at least 4 members (excludes halogenated alkanes) is 1. The molecule has 0 aliphatic rings. The number of hydrogen-bond acceptors (Lipinski definition) is 7. The van der Waals surface area contributed by atoms with Gasteiger partial charge in [0.25, 0.3) is 5.91 Å². The van der Waals surface area contributed by atoms with Gasteiger partial charge < -0.3 is 23.6 Å². The molecule has 0 aliphatic carbocycles. The molecule has 8 heteroatoms. The molecule has 8 nitrogen and oxygen atoms in total. The van der Waals surface area contributed by atoms with Crippen LogP contribution in [0.5, 0.6) is 11.5 Å². The maximum Gasteiger partial charge on any atom is 0.349 e. The van der Waals surface area contributed by atoms with Crippen molar-refractivity contribution in [1.29, 1.82) is 0 Å². The predicted octanol–water partition coefficient (Wildman–Crippen LogP) is 5.11. The molecule has 0 aliphatic heterocycles. The Bertz CT molecular complexity index is 1420. The van der Waals surface area contributed by atoms with E-state index in [9.17, 15) is 14.4 Å². The van der Waals surface area contributed by atoms with Gasteiger partial charge in [-0.2, -0.15) is 0 Å². The highest BCUT2D eigenvalue weighted by molar-refractivity contribution is 5.97. The molecule has 4 rings (SSSR count). The number of ether oxygens (including phenoxy) is 2. The molecule has 36 heavy (non-hydrogen) atoms. The third-order valence-corrected chi connectivity index (χ3v) is 5.23. The van der Waals surface area contributed by atoms with Crippen molar-refractivity contribution in [2.24, 2.45) is 0 Å². The van der Waals surface area contributed by atoms with Crippen molar-refractivity contribution in [3.63, 3.8) is 0 Å². The Hall–Kier alpha value is -4.59. The summed E-state index contributed by atoms with van der Waals surface area (Å²) in [5, 5.41) is 3.12. The van der Waals surface area contributed by atoms with Gasteiger partial charge in [0.15, 0.2) is 0 Å². The van der Waals surface area contributed by atoms with Gasteiger partial charge in [0.1, 0.15) is 28.4 Å². The Morgan fingerprint density at radius 3 is 2.58 bits per heavy atom. The van der Waals surface area contributed by atoms with Crippen molar-refractivity contribution in [2.75, 3.05) is 6.61 Å². The van der Waals surface area contributed by atoms with Crippen LogP contribution in [0.3, 0.4) is 0 Å². The van der Waals surface area contributed by atoms with Crippen LogP contribution in [0.1, 0.15) is 41.4 Å². The molecular formula is C28H25NO7.